The average molecular weight is 167 g/mol. The van der Waals surface area contributed by atoms with Gasteiger partial charge in [-0.25, -0.2) is 0 Å². The van der Waals surface area contributed by atoms with Crippen molar-refractivity contribution in [3.8, 4) is 0 Å². The predicted octanol–water partition coefficient (Wildman–Crippen LogP) is 1.10. The van der Waals surface area contributed by atoms with Crippen LogP contribution in [0.3, 0.4) is 0 Å². The summed E-state index contributed by atoms with van der Waals surface area (Å²) in [6, 6.07) is 0.221. The van der Waals surface area contributed by atoms with Gasteiger partial charge in [-0.05, 0) is 32.8 Å². The molecule has 0 aliphatic rings. The van der Waals surface area contributed by atoms with Gasteiger partial charge in [0.2, 0.25) is 0 Å². The van der Waals surface area contributed by atoms with Gasteiger partial charge < -0.3 is 5.73 Å². The van der Waals surface area contributed by atoms with E-state index in [9.17, 15) is 0 Å². The Balaban J connectivity index is 2.77. The number of hydrogen-bond donors (Lipinski definition) is 1. The molecule has 3 nitrogen and oxygen atoms in total. The fraction of sp³-hybridized carbons (Fsp3) is 0.667. The highest BCUT2D eigenvalue weighted by Gasteiger charge is 2.05. The smallest absolute Gasteiger partial charge is 0.0626 e. The molecule has 0 amide bonds. The highest BCUT2D eigenvalue weighted by molar-refractivity contribution is 5.16. The second-order valence-electron chi connectivity index (χ2n) is 3.28. The van der Waals surface area contributed by atoms with Crippen molar-refractivity contribution >= 4 is 0 Å². The normalized spacial score (nSPS) is 13.3. The molecule has 0 saturated carbocycles. The van der Waals surface area contributed by atoms with Crippen molar-refractivity contribution in [2.45, 2.75) is 39.8 Å². The van der Waals surface area contributed by atoms with Crippen molar-refractivity contribution in [3.05, 3.63) is 17.5 Å². The first-order chi connectivity index (χ1) is 5.63. The van der Waals surface area contributed by atoms with Crippen LogP contribution in [0.2, 0.25) is 0 Å². The SMILES string of the molecule is CCn1cc(C[C@@H](C)N)c(C)n1. The molecule has 0 saturated heterocycles. The van der Waals surface area contributed by atoms with E-state index in [4.69, 9.17) is 5.73 Å². The summed E-state index contributed by atoms with van der Waals surface area (Å²) in [4.78, 5) is 0. The van der Waals surface area contributed by atoms with Crippen LogP contribution < -0.4 is 5.73 Å². The highest BCUT2D eigenvalue weighted by atomic mass is 15.3. The minimum Gasteiger partial charge on any atom is -0.328 e. The zero-order valence-corrected chi connectivity index (χ0v) is 8.04. The third-order valence-electron chi connectivity index (χ3n) is 1.91. The van der Waals surface area contributed by atoms with E-state index < -0.39 is 0 Å². The maximum Gasteiger partial charge on any atom is 0.0626 e. The van der Waals surface area contributed by atoms with Gasteiger partial charge in [0.05, 0.1) is 5.69 Å². The molecule has 0 bridgehead atoms. The lowest BCUT2D eigenvalue weighted by molar-refractivity contribution is 0.652. The molecule has 1 rings (SSSR count). The Labute approximate surface area is 73.6 Å². The maximum atomic E-state index is 5.71. The summed E-state index contributed by atoms with van der Waals surface area (Å²) in [5.74, 6) is 0. The molecule has 0 fully saturated rings. The minimum atomic E-state index is 0.221. The number of rotatable bonds is 3. The fourth-order valence-corrected chi connectivity index (χ4v) is 1.27. The van der Waals surface area contributed by atoms with E-state index in [2.05, 4.69) is 18.2 Å². The van der Waals surface area contributed by atoms with Gasteiger partial charge in [0.1, 0.15) is 0 Å². The van der Waals surface area contributed by atoms with E-state index in [0.717, 1.165) is 18.7 Å². The van der Waals surface area contributed by atoms with Crippen LogP contribution in [0.1, 0.15) is 25.1 Å². The molecule has 0 aromatic carbocycles. The maximum absolute atomic E-state index is 5.71. The van der Waals surface area contributed by atoms with Crippen LogP contribution in [0.25, 0.3) is 0 Å². The Morgan fingerprint density at radius 3 is 2.75 bits per heavy atom. The van der Waals surface area contributed by atoms with Crippen LogP contribution in [0.4, 0.5) is 0 Å². The van der Waals surface area contributed by atoms with E-state index in [1.54, 1.807) is 0 Å². The average Bonchev–Trinajstić information content (AvgIpc) is 2.31. The Bertz CT molecular complexity index is 250. The molecule has 0 radical (unpaired) electrons. The summed E-state index contributed by atoms with van der Waals surface area (Å²) in [7, 11) is 0. The van der Waals surface area contributed by atoms with Crippen molar-refractivity contribution in [2.75, 3.05) is 0 Å². The second-order valence-corrected chi connectivity index (χ2v) is 3.28. The Hall–Kier alpha value is -0.830. The van der Waals surface area contributed by atoms with Crippen LogP contribution in [0.5, 0.6) is 0 Å². The van der Waals surface area contributed by atoms with Gasteiger partial charge in [-0.15, -0.1) is 0 Å². The number of nitrogens with two attached hydrogens (primary N) is 1. The lowest BCUT2D eigenvalue weighted by atomic mass is 10.1. The third kappa shape index (κ3) is 2.08. The van der Waals surface area contributed by atoms with Gasteiger partial charge >= 0.3 is 0 Å². The largest absolute Gasteiger partial charge is 0.328 e. The van der Waals surface area contributed by atoms with Crippen LogP contribution in [0.15, 0.2) is 6.20 Å². The van der Waals surface area contributed by atoms with Gasteiger partial charge in [0, 0.05) is 18.8 Å². The lowest BCUT2D eigenvalue weighted by Gasteiger charge is -2.01. The Morgan fingerprint density at radius 2 is 2.33 bits per heavy atom. The van der Waals surface area contributed by atoms with Gasteiger partial charge in [0.15, 0.2) is 0 Å². The molecule has 0 spiro atoms. The molecule has 1 aromatic rings. The molecule has 1 aromatic heterocycles. The Kier molecular flexibility index (Phi) is 2.87. The van der Waals surface area contributed by atoms with Crippen LogP contribution >= 0.6 is 0 Å². The highest BCUT2D eigenvalue weighted by Crippen LogP contribution is 2.07. The summed E-state index contributed by atoms with van der Waals surface area (Å²) in [5.41, 5.74) is 8.08. The van der Waals surface area contributed by atoms with E-state index in [-0.39, 0.29) is 6.04 Å². The lowest BCUT2D eigenvalue weighted by Crippen LogP contribution is -2.17. The fourth-order valence-electron chi connectivity index (χ4n) is 1.27. The van der Waals surface area contributed by atoms with Crippen LogP contribution in [0, 0.1) is 6.92 Å². The molecule has 68 valence electrons. The number of aryl methyl sites for hydroxylation is 2. The van der Waals surface area contributed by atoms with Gasteiger partial charge in [0.25, 0.3) is 0 Å². The van der Waals surface area contributed by atoms with Crippen LogP contribution in [-0.4, -0.2) is 15.8 Å². The zero-order chi connectivity index (χ0) is 9.14. The third-order valence-corrected chi connectivity index (χ3v) is 1.91. The Morgan fingerprint density at radius 1 is 1.67 bits per heavy atom. The summed E-state index contributed by atoms with van der Waals surface area (Å²) in [6.07, 6.45) is 3.00. The summed E-state index contributed by atoms with van der Waals surface area (Å²) in [5, 5.41) is 4.34. The second kappa shape index (κ2) is 3.72. The summed E-state index contributed by atoms with van der Waals surface area (Å²) < 4.78 is 1.95. The molecule has 2 N–H and O–H groups in total. The van der Waals surface area contributed by atoms with Gasteiger partial charge in [-0.2, -0.15) is 5.10 Å². The van der Waals surface area contributed by atoms with Crippen molar-refractivity contribution in [1.82, 2.24) is 9.78 Å². The van der Waals surface area contributed by atoms with Gasteiger partial charge in [-0.3, -0.25) is 4.68 Å². The summed E-state index contributed by atoms with van der Waals surface area (Å²) >= 11 is 0. The predicted molar refractivity (Wildman–Crippen MR) is 50.0 cm³/mol. The zero-order valence-electron chi connectivity index (χ0n) is 8.04. The first-order valence-electron chi connectivity index (χ1n) is 4.42. The van der Waals surface area contributed by atoms with Gasteiger partial charge in [-0.1, -0.05) is 0 Å². The molecule has 0 unspecified atom stereocenters. The first-order valence-corrected chi connectivity index (χ1v) is 4.42. The van der Waals surface area contributed by atoms with Crippen molar-refractivity contribution in [2.24, 2.45) is 5.73 Å². The van der Waals surface area contributed by atoms with Crippen molar-refractivity contribution in [3.63, 3.8) is 0 Å². The number of hydrogen-bond acceptors (Lipinski definition) is 2. The topological polar surface area (TPSA) is 43.8 Å². The van der Waals surface area contributed by atoms with E-state index in [1.807, 2.05) is 18.5 Å². The molecule has 3 heteroatoms. The number of nitrogens with zero attached hydrogens (tertiary/aromatic N) is 2. The van der Waals surface area contributed by atoms with Crippen LogP contribution in [-0.2, 0) is 13.0 Å². The standard InChI is InChI=1S/C9H17N3/c1-4-12-6-9(5-7(2)10)8(3)11-12/h6-7H,4-5,10H2,1-3H3/t7-/m1/s1. The quantitative estimate of drug-likeness (QED) is 0.732. The number of aromatic nitrogens is 2. The minimum absolute atomic E-state index is 0.221. The molecule has 0 aliphatic carbocycles. The molecular formula is C9H17N3. The monoisotopic (exact) mass is 167 g/mol. The molecule has 12 heavy (non-hydrogen) atoms. The summed E-state index contributed by atoms with van der Waals surface area (Å²) in [6.45, 7) is 7.06. The molecule has 0 aliphatic heterocycles. The van der Waals surface area contributed by atoms with E-state index >= 15 is 0 Å². The molecule has 1 heterocycles. The molecule has 1 atom stereocenters. The van der Waals surface area contributed by atoms with E-state index in [1.165, 1.54) is 5.56 Å². The molecular weight excluding hydrogens is 150 g/mol. The van der Waals surface area contributed by atoms with Crippen molar-refractivity contribution in [1.29, 1.82) is 0 Å². The van der Waals surface area contributed by atoms with E-state index in [0.29, 0.717) is 0 Å². The van der Waals surface area contributed by atoms with Crippen molar-refractivity contribution < 1.29 is 0 Å². The first kappa shape index (κ1) is 9.26.